The Hall–Kier alpha value is -2.27. The molecule has 0 saturated carbocycles. The fourth-order valence-corrected chi connectivity index (χ4v) is 2.25. The molecule has 0 aliphatic carbocycles. The number of halogens is 1. The molecule has 3 rings (SSSR count). The molecule has 0 aliphatic heterocycles. The predicted octanol–water partition coefficient (Wildman–Crippen LogP) is 3.06. The largest absolute Gasteiger partial charge is 0.310 e. The molecular weight excluding hydrogens is 267 g/mol. The lowest BCUT2D eigenvalue weighted by atomic mass is 10.2. The number of hydrogen-bond acceptors (Lipinski definition) is 3. The van der Waals surface area contributed by atoms with Gasteiger partial charge in [-0.25, -0.2) is 14.1 Å². The van der Waals surface area contributed by atoms with Crippen LogP contribution in [-0.2, 0) is 6.54 Å². The first-order chi connectivity index (χ1) is 10.1. The maximum absolute atomic E-state index is 13.5. The highest BCUT2D eigenvalue weighted by molar-refractivity contribution is 5.79. The van der Waals surface area contributed by atoms with Crippen LogP contribution in [0.3, 0.4) is 0 Å². The third kappa shape index (κ3) is 2.78. The van der Waals surface area contributed by atoms with Crippen LogP contribution in [0.1, 0.15) is 19.4 Å². The highest BCUT2D eigenvalue weighted by atomic mass is 19.1. The number of aromatic nitrogens is 3. The molecule has 1 N–H and O–H groups in total. The van der Waals surface area contributed by atoms with E-state index in [4.69, 9.17) is 0 Å². The summed E-state index contributed by atoms with van der Waals surface area (Å²) >= 11 is 0. The number of benzene rings is 1. The zero-order valence-corrected chi connectivity index (χ0v) is 12.0. The first-order valence-electron chi connectivity index (χ1n) is 6.96. The van der Waals surface area contributed by atoms with Gasteiger partial charge in [0, 0.05) is 23.5 Å². The van der Waals surface area contributed by atoms with Crippen LogP contribution in [0.4, 0.5) is 4.39 Å². The van der Waals surface area contributed by atoms with E-state index in [1.165, 1.54) is 12.3 Å². The minimum Gasteiger partial charge on any atom is -0.310 e. The Morgan fingerprint density at radius 3 is 2.86 bits per heavy atom. The van der Waals surface area contributed by atoms with Gasteiger partial charge < -0.3 is 5.32 Å². The number of nitrogens with zero attached hydrogens (tertiary/aromatic N) is 3. The first-order valence-corrected chi connectivity index (χ1v) is 6.96. The molecule has 0 aliphatic rings. The number of nitrogens with one attached hydrogen (secondary N) is 1. The lowest BCUT2D eigenvalue weighted by Gasteiger charge is -2.12. The van der Waals surface area contributed by atoms with Gasteiger partial charge in [-0.1, -0.05) is 32.0 Å². The second kappa shape index (κ2) is 5.61. The highest BCUT2D eigenvalue weighted by Crippen LogP contribution is 2.19. The average molecular weight is 284 g/mol. The van der Waals surface area contributed by atoms with E-state index in [2.05, 4.69) is 29.2 Å². The minimum atomic E-state index is -0.337. The maximum atomic E-state index is 13.5. The molecule has 2 heterocycles. The smallest absolute Gasteiger partial charge is 0.158 e. The third-order valence-corrected chi connectivity index (χ3v) is 3.29. The van der Waals surface area contributed by atoms with Crippen molar-refractivity contribution in [2.24, 2.45) is 0 Å². The van der Waals surface area contributed by atoms with Gasteiger partial charge in [-0.3, -0.25) is 0 Å². The van der Waals surface area contributed by atoms with E-state index < -0.39 is 0 Å². The van der Waals surface area contributed by atoms with Crippen molar-refractivity contribution in [1.29, 1.82) is 0 Å². The molecule has 3 aromatic rings. The zero-order valence-electron chi connectivity index (χ0n) is 12.0. The summed E-state index contributed by atoms with van der Waals surface area (Å²) in [5.74, 6) is 0.321. The lowest BCUT2D eigenvalue weighted by Crippen LogP contribution is -2.23. The Bertz CT molecular complexity index is 764. The van der Waals surface area contributed by atoms with E-state index in [1.807, 2.05) is 24.3 Å². The molecule has 0 radical (unpaired) electrons. The van der Waals surface area contributed by atoms with Crippen LogP contribution in [0.5, 0.6) is 0 Å². The van der Waals surface area contributed by atoms with Crippen molar-refractivity contribution in [3.63, 3.8) is 0 Å². The van der Waals surface area contributed by atoms with Gasteiger partial charge >= 0.3 is 0 Å². The van der Waals surface area contributed by atoms with Gasteiger partial charge in [-0.05, 0) is 12.1 Å². The molecule has 0 saturated heterocycles. The van der Waals surface area contributed by atoms with Crippen LogP contribution in [0, 0.1) is 5.82 Å². The quantitative estimate of drug-likeness (QED) is 0.800. The van der Waals surface area contributed by atoms with Crippen molar-refractivity contribution in [2.75, 3.05) is 0 Å². The summed E-state index contributed by atoms with van der Waals surface area (Å²) in [7, 11) is 0. The highest BCUT2D eigenvalue weighted by Gasteiger charge is 2.12. The van der Waals surface area contributed by atoms with Crippen molar-refractivity contribution in [1.82, 2.24) is 20.1 Å². The molecule has 5 heteroatoms. The SMILES string of the molecule is CC(C)NCc1cc(F)cnc1-n1ncc2ccccc21. The van der Waals surface area contributed by atoms with Crippen LogP contribution in [0.15, 0.2) is 42.7 Å². The molecule has 4 nitrogen and oxygen atoms in total. The van der Waals surface area contributed by atoms with Crippen molar-refractivity contribution in [3.8, 4) is 5.82 Å². The summed E-state index contributed by atoms with van der Waals surface area (Å²) in [4.78, 5) is 4.23. The van der Waals surface area contributed by atoms with Crippen molar-refractivity contribution >= 4 is 10.9 Å². The molecule has 1 aromatic carbocycles. The summed E-state index contributed by atoms with van der Waals surface area (Å²) in [6, 6.07) is 9.72. The van der Waals surface area contributed by atoms with Gasteiger partial charge in [-0.2, -0.15) is 5.10 Å². The Balaban J connectivity index is 2.09. The monoisotopic (exact) mass is 284 g/mol. The van der Waals surface area contributed by atoms with Crippen LogP contribution in [0.25, 0.3) is 16.7 Å². The average Bonchev–Trinajstić information content (AvgIpc) is 2.89. The van der Waals surface area contributed by atoms with Gasteiger partial charge in [0.1, 0.15) is 5.82 Å². The third-order valence-electron chi connectivity index (χ3n) is 3.29. The van der Waals surface area contributed by atoms with Crippen LogP contribution in [0.2, 0.25) is 0 Å². The molecule has 0 unspecified atom stereocenters. The van der Waals surface area contributed by atoms with Gasteiger partial charge in [0.25, 0.3) is 0 Å². The molecule has 0 spiro atoms. The topological polar surface area (TPSA) is 42.7 Å². The Kier molecular flexibility index (Phi) is 3.66. The number of pyridine rings is 1. The second-order valence-electron chi connectivity index (χ2n) is 5.29. The van der Waals surface area contributed by atoms with E-state index in [0.717, 1.165) is 16.5 Å². The normalized spacial score (nSPS) is 11.4. The van der Waals surface area contributed by atoms with Gasteiger partial charge in [0.2, 0.25) is 0 Å². The summed E-state index contributed by atoms with van der Waals surface area (Å²) in [5, 5.41) is 8.71. The summed E-state index contributed by atoms with van der Waals surface area (Å²) in [5.41, 5.74) is 1.75. The lowest BCUT2D eigenvalue weighted by molar-refractivity contribution is 0.574. The number of hydrogen-bond donors (Lipinski definition) is 1. The Labute approximate surface area is 122 Å². The second-order valence-corrected chi connectivity index (χ2v) is 5.29. The van der Waals surface area contributed by atoms with E-state index in [9.17, 15) is 4.39 Å². The molecule has 108 valence electrons. The van der Waals surface area contributed by atoms with E-state index >= 15 is 0 Å². The van der Waals surface area contributed by atoms with E-state index in [-0.39, 0.29) is 5.82 Å². The standard InChI is InChI=1S/C16H17FN4/c1-11(2)18-8-13-7-14(17)10-19-16(13)21-15-6-4-3-5-12(15)9-20-21/h3-7,9-11,18H,8H2,1-2H3. The van der Waals surface area contributed by atoms with Gasteiger partial charge in [0.05, 0.1) is 17.9 Å². The van der Waals surface area contributed by atoms with Crippen LogP contribution in [-0.4, -0.2) is 20.8 Å². The fraction of sp³-hybridized carbons (Fsp3) is 0.250. The van der Waals surface area contributed by atoms with Gasteiger partial charge in [0.15, 0.2) is 5.82 Å². The van der Waals surface area contributed by atoms with Crippen LogP contribution >= 0.6 is 0 Å². The molecule has 0 atom stereocenters. The maximum Gasteiger partial charge on any atom is 0.158 e. The van der Waals surface area contributed by atoms with Crippen molar-refractivity contribution < 1.29 is 4.39 Å². The van der Waals surface area contributed by atoms with E-state index in [1.54, 1.807) is 10.9 Å². The summed E-state index contributed by atoms with van der Waals surface area (Å²) in [6.07, 6.45) is 3.02. The molecule has 2 aromatic heterocycles. The molecule has 21 heavy (non-hydrogen) atoms. The van der Waals surface area contributed by atoms with Crippen LogP contribution < -0.4 is 5.32 Å². The molecular formula is C16H17FN4. The summed E-state index contributed by atoms with van der Waals surface area (Å²) in [6.45, 7) is 4.65. The Morgan fingerprint density at radius 2 is 2.05 bits per heavy atom. The van der Waals surface area contributed by atoms with E-state index in [0.29, 0.717) is 18.4 Å². The number of fused-ring (bicyclic) bond motifs is 1. The van der Waals surface area contributed by atoms with Gasteiger partial charge in [-0.15, -0.1) is 0 Å². The summed E-state index contributed by atoms with van der Waals surface area (Å²) < 4.78 is 15.3. The minimum absolute atomic E-state index is 0.315. The molecule has 0 fully saturated rings. The molecule has 0 bridgehead atoms. The first kappa shape index (κ1) is 13.7. The fourth-order valence-electron chi connectivity index (χ4n) is 2.25. The molecule has 0 amide bonds. The zero-order chi connectivity index (χ0) is 14.8. The van der Waals surface area contributed by atoms with Crippen molar-refractivity contribution in [3.05, 3.63) is 54.1 Å². The number of rotatable bonds is 4. The Morgan fingerprint density at radius 1 is 1.24 bits per heavy atom. The predicted molar refractivity (Wildman–Crippen MR) is 80.8 cm³/mol. The van der Waals surface area contributed by atoms with Crippen molar-refractivity contribution in [2.45, 2.75) is 26.4 Å². The number of para-hydroxylation sites is 1.